The molecule has 0 bridgehead atoms. The SMILES string of the molecule is Cc1ccccc1CC1(O)CCOCC1. The van der Waals surface area contributed by atoms with E-state index in [9.17, 15) is 5.11 Å². The van der Waals surface area contributed by atoms with Gasteiger partial charge in [-0.1, -0.05) is 24.3 Å². The van der Waals surface area contributed by atoms with Crippen LogP contribution in [0.2, 0.25) is 0 Å². The molecule has 0 aromatic heterocycles. The summed E-state index contributed by atoms with van der Waals surface area (Å²) in [5.74, 6) is 0. The zero-order valence-corrected chi connectivity index (χ0v) is 9.20. The molecule has 1 aromatic rings. The lowest BCUT2D eigenvalue weighted by Gasteiger charge is -2.32. The van der Waals surface area contributed by atoms with Crippen LogP contribution in [0, 0.1) is 6.92 Å². The van der Waals surface area contributed by atoms with E-state index in [4.69, 9.17) is 4.74 Å². The maximum absolute atomic E-state index is 10.4. The van der Waals surface area contributed by atoms with E-state index in [1.807, 2.05) is 12.1 Å². The van der Waals surface area contributed by atoms with E-state index in [0.717, 1.165) is 19.3 Å². The Morgan fingerprint density at radius 2 is 1.93 bits per heavy atom. The van der Waals surface area contributed by atoms with Crippen molar-refractivity contribution in [3.8, 4) is 0 Å². The summed E-state index contributed by atoms with van der Waals surface area (Å²) in [5.41, 5.74) is 1.96. The fourth-order valence-electron chi connectivity index (χ4n) is 2.09. The Kier molecular flexibility index (Phi) is 3.08. The first kappa shape index (κ1) is 10.7. The van der Waals surface area contributed by atoms with Gasteiger partial charge < -0.3 is 9.84 Å². The molecule has 1 fully saturated rings. The molecule has 1 aliphatic rings. The third-order valence-corrected chi connectivity index (χ3v) is 3.20. The van der Waals surface area contributed by atoms with E-state index >= 15 is 0 Å². The number of aryl methyl sites for hydroxylation is 1. The van der Waals surface area contributed by atoms with Crippen LogP contribution in [-0.2, 0) is 11.2 Å². The highest BCUT2D eigenvalue weighted by Crippen LogP contribution is 2.26. The third kappa shape index (κ3) is 2.58. The van der Waals surface area contributed by atoms with Crippen molar-refractivity contribution < 1.29 is 9.84 Å². The number of rotatable bonds is 2. The van der Waals surface area contributed by atoms with Crippen LogP contribution in [0.15, 0.2) is 24.3 Å². The predicted octanol–water partition coefficient (Wildman–Crippen LogP) is 2.08. The van der Waals surface area contributed by atoms with Gasteiger partial charge in [-0.2, -0.15) is 0 Å². The molecule has 0 unspecified atom stereocenters. The first-order chi connectivity index (χ1) is 7.20. The largest absolute Gasteiger partial charge is 0.389 e. The van der Waals surface area contributed by atoms with Gasteiger partial charge in [0.1, 0.15) is 0 Å². The summed E-state index contributed by atoms with van der Waals surface area (Å²) in [7, 11) is 0. The quantitative estimate of drug-likeness (QED) is 0.802. The molecule has 2 heteroatoms. The summed E-state index contributed by atoms with van der Waals surface area (Å²) in [6, 6.07) is 8.26. The molecule has 82 valence electrons. The molecule has 0 aliphatic carbocycles. The highest BCUT2D eigenvalue weighted by Gasteiger charge is 2.30. The van der Waals surface area contributed by atoms with Gasteiger partial charge in [0.15, 0.2) is 0 Å². The van der Waals surface area contributed by atoms with E-state index in [0.29, 0.717) is 13.2 Å². The standard InChI is InChI=1S/C13H18O2/c1-11-4-2-3-5-12(11)10-13(14)6-8-15-9-7-13/h2-5,14H,6-10H2,1H3. The third-order valence-electron chi connectivity index (χ3n) is 3.20. The summed E-state index contributed by atoms with van der Waals surface area (Å²) < 4.78 is 5.27. The fourth-order valence-corrected chi connectivity index (χ4v) is 2.09. The Balaban J connectivity index is 2.10. The van der Waals surface area contributed by atoms with E-state index in [2.05, 4.69) is 19.1 Å². The Morgan fingerprint density at radius 1 is 1.27 bits per heavy atom. The highest BCUT2D eigenvalue weighted by atomic mass is 16.5. The molecule has 0 spiro atoms. The maximum atomic E-state index is 10.4. The van der Waals surface area contributed by atoms with Gasteiger partial charge in [0.2, 0.25) is 0 Å². The molecule has 2 rings (SSSR count). The second-order valence-electron chi connectivity index (χ2n) is 4.44. The molecule has 0 radical (unpaired) electrons. The molecule has 0 amide bonds. The van der Waals surface area contributed by atoms with Crippen LogP contribution >= 0.6 is 0 Å². The van der Waals surface area contributed by atoms with E-state index in [-0.39, 0.29) is 0 Å². The van der Waals surface area contributed by atoms with Crippen molar-refractivity contribution in [2.75, 3.05) is 13.2 Å². The van der Waals surface area contributed by atoms with Crippen LogP contribution < -0.4 is 0 Å². The van der Waals surface area contributed by atoms with Crippen molar-refractivity contribution >= 4 is 0 Å². The minimum absolute atomic E-state index is 0.551. The van der Waals surface area contributed by atoms with E-state index in [1.54, 1.807) is 0 Å². The molecule has 0 atom stereocenters. The minimum Gasteiger partial charge on any atom is -0.389 e. The van der Waals surface area contributed by atoms with Crippen molar-refractivity contribution in [3.05, 3.63) is 35.4 Å². The molecule has 1 heterocycles. The zero-order valence-electron chi connectivity index (χ0n) is 9.20. The number of ether oxygens (including phenoxy) is 1. The highest BCUT2D eigenvalue weighted by molar-refractivity contribution is 5.27. The van der Waals surface area contributed by atoms with E-state index < -0.39 is 5.60 Å². The van der Waals surface area contributed by atoms with Crippen LogP contribution in [0.1, 0.15) is 24.0 Å². The van der Waals surface area contributed by atoms with Gasteiger partial charge in [-0.15, -0.1) is 0 Å². The summed E-state index contributed by atoms with van der Waals surface area (Å²) in [6.45, 7) is 3.46. The fraction of sp³-hybridized carbons (Fsp3) is 0.538. The number of hydrogen-bond acceptors (Lipinski definition) is 2. The van der Waals surface area contributed by atoms with Crippen LogP contribution in [0.3, 0.4) is 0 Å². The Hall–Kier alpha value is -0.860. The van der Waals surface area contributed by atoms with Gasteiger partial charge in [-0.25, -0.2) is 0 Å². The minimum atomic E-state index is -0.551. The number of benzene rings is 1. The van der Waals surface area contributed by atoms with Crippen molar-refractivity contribution in [2.45, 2.75) is 31.8 Å². The van der Waals surface area contributed by atoms with Crippen LogP contribution in [0.4, 0.5) is 0 Å². The summed E-state index contributed by atoms with van der Waals surface area (Å²) in [4.78, 5) is 0. The Labute approximate surface area is 90.9 Å². The number of hydrogen-bond donors (Lipinski definition) is 1. The first-order valence-corrected chi connectivity index (χ1v) is 5.54. The van der Waals surface area contributed by atoms with Crippen molar-refractivity contribution in [3.63, 3.8) is 0 Å². The summed E-state index contributed by atoms with van der Waals surface area (Å²) >= 11 is 0. The molecule has 1 N–H and O–H groups in total. The van der Waals surface area contributed by atoms with Gasteiger partial charge in [0.05, 0.1) is 5.60 Å². The molecule has 1 aliphatic heterocycles. The topological polar surface area (TPSA) is 29.5 Å². The first-order valence-electron chi connectivity index (χ1n) is 5.54. The average Bonchev–Trinajstić information content (AvgIpc) is 2.22. The monoisotopic (exact) mass is 206 g/mol. The van der Waals surface area contributed by atoms with Crippen LogP contribution in [-0.4, -0.2) is 23.9 Å². The number of aliphatic hydroxyl groups is 1. The molecular formula is C13H18O2. The smallest absolute Gasteiger partial charge is 0.0731 e. The van der Waals surface area contributed by atoms with Crippen molar-refractivity contribution in [1.82, 2.24) is 0 Å². The van der Waals surface area contributed by atoms with Crippen molar-refractivity contribution in [1.29, 1.82) is 0 Å². The van der Waals surface area contributed by atoms with E-state index in [1.165, 1.54) is 11.1 Å². The van der Waals surface area contributed by atoms with Gasteiger partial charge in [-0.05, 0) is 30.9 Å². The van der Waals surface area contributed by atoms with Gasteiger partial charge in [0, 0.05) is 19.6 Å². The molecular weight excluding hydrogens is 188 g/mol. The predicted molar refractivity (Wildman–Crippen MR) is 59.9 cm³/mol. The molecule has 15 heavy (non-hydrogen) atoms. The molecule has 0 saturated carbocycles. The average molecular weight is 206 g/mol. The van der Waals surface area contributed by atoms with Crippen LogP contribution in [0.25, 0.3) is 0 Å². The lowest BCUT2D eigenvalue weighted by molar-refractivity contribution is -0.0626. The lowest BCUT2D eigenvalue weighted by Crippen LogP contribution is -2.38. The summed E-state index contributed by atoms with van der Waals surface area (Å²) in [6.07, 6.45) is 2.26. The Bertz CT molecular complexity index is 327. The maximum Gasteiger partial charge on any atom is 0.0731 e. The van der Waals surface area contributed by atoms with Crippen LogP contribution in [0.5, 0.6) is 0 Å². The normalized spacial score (nSPS) is 20.1. The van der Waals surface area contributed by atoms with Gasteiger partial charge >= 0.3 is 0 Å². The van der Waals surface area contributed by atoms with Gasteiger partial charge in [0.25, 0.3) is 0 Å². The second-order valence-corrected chi connectivity index (χ2v) is 4.44. The second kappa shape index (κ2) is 4.33. The molecule has 2 nitrogen and oxygen atoms in total. The summed E-state index contributed by atoms with van der Waals surface area (Å²) in [5, 5.41) is 10.4. The molecule has 1 aromatic carbocycles. The van der Waals surface area contributed by atoms with Gasteiger partial charge in [-0.3, -0.25) is 0 Å². The lowest BCUT2D eigenvalue weighted by atomic mass is 9.86. The zero-order chi connectivity index (χ0) is 10.7. The molecule has 1 saturated heterocycles. The Morgan fingerprint density at radius 3 is 2.60 bits per heavy atom. The van der Waals surface area contributed by atoms with Crippen molar-refractivity contribution in [2.24, 2.45) is 0 Å².